The third-order valence-corrected chi connectivity index (χ3v) is 11.7. The summed E-state index contributed by atoms with van der Waals surface area (Å²) in [4.78, 5) is 45.0. The summed E-state index contributed by atoms with van der Waals surface area (Å²) in [6, 6.07) is 8.72. The first kappa shape index (κ1) is 27.7. The highest BCUT2D eigenvalue weighted by Crippen LogP contribution is 2.45. The summed E-state index contributed by atoms with van der Waals surface area (Å²) >= 11 is 0. The van der Waals surface area contributed by atoms with Crippen molar-refractivity contribution in [3.8, 4) is 0 Å². The molecule has 1 fully saturated rings. The minimum Gasteiger partial charge on any atom is -0.407 e. The van der Waals surface area contributed by atoms with Gasteiger partial charge in [-0.05, 0) is 30.3 Å². The third-order valence-electron chi connectivity index (χ3n) is 6.82. The van der Waals surface area contributed by atoms with Crippen LogP contribution in [0.3, 0.4) is 0 Å². The number of nitrogens with zero attached hydrogens (tertiary/aromatic N) is 4. The van der Waals surface area contributed by atoms with Crippen molar-refractivity contribution in [1.29, 1.82) is 0 Å². The number of imidazole rings is 1. The topological polar surface area (TPSA) is 161 Å². The van der Waals surface area contributed by atoms with Crippen LogP contribution in [0.2, 0.25) is 18.1 Å². The molecule has 1 aliphatic rings. The molecular weight excluding hydrogens is 517 g/mol. The van der Waals surface area contributed by atoms with Gasteiger partial charge in [0.05, 0.1) is 12.9 Å². The minimum atomic E-state index is -2.74. The number of amides is 1. The maximum Gasteiger partial charge on any atom is 0.327 e. The Hall–Kier alpha value is -2.35. The zero-order valence-corrected chi connectivity index (χ0v) is 23.2. The van der Waals surface area contributed by atoms with Crippen molar-refractivity contribution in [1.82, 2.24) is 19.5 Å². The van der Waals surface area contributed by atoms with Crippen LogP contribution in [0, 0.1) is 0 Å². The fourth-order valence-electron chi connectivity index (χ4n) is 3.86. The predicted molar refractivity (Wildman–Crippen MR) is 139 cm³/mol. The predicted octanol–water partition coefficient (Wildman–Crippen LogP) is 2.96. The second-order valence-corrected chi connectivity index (χ2v) is 15.8. The molecule has 4 N–H and O–H groups in total. The summed E-state index contributed by atoms with van der Waals surface area (Å²) in [5.74, 6) is -0.127. The Balaban J connectivity index is 1.72. The Morgan fingerprint density at radius 2 is 1.86 bits per heavy atom. The monoisotopic (exact) mass is 549 g/mol. The number of fused-ring (bicyclic) bond motifs is 1. The molecule has 4 atom stereocenters. The number of hydrogen-bond acceptors (Lipinski definition) is 10. The lowest BCUT2D eigenvalue weighted by atomic mass is 10.1. The quantitative estimate of drug-likeness (QED) is 0.243. The minimum absolute atomic E-state index is 0.170. The van der Waals surface area contributed by atoms with E-state index < -0.39 is 48.1 Å². The molecule has 1 saturated heterocycles. The number of aromatic nitrogens is 4. The first-order valence-corrected chi connectivity index (χ1v) is 15.8. The van der Waals surface area contributed by atoms with E-state index >= 15 is 0 Å². The fraction of sp³-hybridized carbons (Fsp3) is 0.478. The standard InChI is InChI=1S/C23H32N5O7PSi/c1-23(2,3)37(4,5)35-18-17(34-36(31)32)15(11-29)33-22(18)28-13-26-16-19(24-12-25-20(16)28)27-21(30)14-9-7-6-8-10-14/h6-10,12-13,15,17-18,22,29,31-32H,11H2,1-5H3,(H,24,25,27,30)/t15-,17+,18-,22-/m1/s1. The number of carbonyl (C=O) groups excluding carboxylic acids is 1. The van der Waals surface area contributed by atoms with Gasteiger partial charge in [0.2, 0.25) is 0 Å². The molecule has 4 rings (SSSR count). The molecule has 0 aliphatic carbocycles. The van der Waals surface area contributed by atoms with E-state index in [0.717, 1.165) is 0 Å². The fourth-order valence-corrected chi connectivity index (χ4v) is 5.61. The number of benzene rings is 1. The summed E-state index contributed by atoms with van der Waals surface area (Å²) in [5.41, 5.74) is 1.16. The number of hydrogen-bond donors (Lipinski definition) is 4. The van der Waals surface area contributed by atoms with E-state index in [9.17, 15) is 19.7 Å². The second kappa shape index (κ2) is 10.8. The van der Waals surface area contributed by atoms with Crippen molar-refractivity contribution in [2.45, 2.75) is 63.4 Å². The van der Waals surface area contributed by atoms with Gasteiger partial charge in [-0.25, -0.2) is 15.0 Å². The van der Waals surface area contributed by atoms with Gasteiger partial charge in [0, 0.05) is 5.56 Å². The second-order valence-electron chi connectivity index (χ2n) is 10.3. The van der Waals surface area contributed by atoms with E-state index in [4.69, 9.17) is 13.7 Å². The first-order chi connectivity index (χ1) is 17.4. The van der Waals surface area contributed by atoms with Crippen molar-refractivity contribution in [3.63, 3.8) is 0 Å². The molecule has 3 heterocycles. The lowest BCUT2D eigenvalue weighted by Crippen LogP contribution is -2.49. The van der Waals surface area contributed by atoms with Gasteiger partial charge in [0.15, 0.2) is 31.5 Å². The summed E-state index contributed by atoms with van der Waals surface area (Å²) in [7, 11) is -5.16. The van der Waals surface area contributed by atoms with Gasteiger partial charge in [0.25, 0.3) is 5.91 Å². The highest BCUT2D eigenvalue weighted by molar-refractivity contribution is 7.39. The van der Waals surface area contributed by atoms with Gasteiger partial charge in [-0.3, -0.25) is 9.36 Å². The van der Waals surface area contributed by atoms with Crippen LogP contribution >= 0.6 is 8.60 Å². The Morgan fingerprint density at radius 1 is 1.16 bits per heavy atom. The zero-order valence-electron chi connectivity index (χ0n) is 21.3. The van der Waals surface area contributed by atoms with E-state index in [1.165, 1.54) is 12.7 Å². The maximum absolute atomic E-state index is 12.7. The number of aliphatic hydroxyl groups excluding tert-OH is 1. The first-order valence-electron chi connectivity index (χ1n) is 11.8. The maximum atomic E-state index is 12.7. The summed E-state index contributed by atoms with van der Waals surface area (Å²) < 4.78 is 19.8. The van der Waals surface area contributed by atoms with Crippen LogP contribution in [0.25, 0.3) is 11.2 Å². The molecule has 1 aromatic carbocycles. The van der Waals surface area contributed by atoms with Gasteiger partial charge in [-0.2, -0.15) is 0 Å². The Bertz CT molecular complexity index is 1240. The number of rotatable bonds is 8. The van der Waals surface area contributed by atoms with E-state index in [2.05, 4.69) is 54.1 Å². The van der Waals surface area contributed by atoms with Crippen LogP contribution in [-0.4, -0.2) is 73.6 Å². The molecule has 0 radical (unpaired) electrons. The van der Waals surface area contributed by atoms with Crippen molar-refractivity contribution in [2.75, 3.05) is 11.9 Å². The van der Waals surface area contributed by atoms with Crippen LogP contribution in [0.5, 0.6) is 0 Å². The molecule has 14 heteroatoms. The number of nitrogens with one attached hydrogen (secondary N) is 1. The van der Waals surface area contributed by atoms with Crippen LogP contribution in [0.1, 0.15) is 37.4 Å². The van der Waals surface area contributed by atoms with Gasteiger partial charge >= 0.3 is 8.60 Å². The Kier molecular flexibility index (Phi) is 8.07. The van der Waals surface area contributed by atoms with Crippen molar-refractivity contribution >= 4 is 39.8 Å². The number of carbonyl (C=O) groups is 1. The van der Waals surface area contributed by atoms with Gasteiger partial charge < -0.3 is 33.9 Å². The summed E-state index contributed by atoms with van der Waals surface area (Å²) in [6.07, 6.45) is -0.720. The van der Waals surface area contributed by atoms with Crippen molar-refractivity contribution in [3.05, 3.63) is 48.5 Å². The zero-order chi connectivity index (χ0) is 27.0. The number of aliphatic hydroxyl groups is 1. The smallest absolute Gasteiger partial charge is 0.327 e. The molecule has 0 spiro atoms. The number of ether oxygens (including phenoxy) is 1. The van der Waals surface area contributed by atoms with Crippen LogP contribution in [-0.2, 0) is 13.7 Å². The molecule has 12 nitrogen and oxygen atoms in total. The normalized spacial score (nSPS) is 22.6. The lowest BCUT2D eigenvalue weighted by molar-refractivity contribution is -0.0489. The van der Waals surface area contributed by atoms with E-state index in [-0.39, 0.29) is 16.8 Å². The van der Waals surface area contributed by atoms with Gasteiger partial charge in [0.1, 0.15) is 24.6 Å². The van der Waals surface area contributed by atoms with Crippen LogP contribution in [0.4, 0.5) is 5.82 Å². The average molecular weight is 550 g/mol. The van der Waals surface area contributed by atoms with Gasteiger partial charge in [-0.1, -0.05) is 39.0 Å². The van der Waals surface area contributed by atoms with E-state index in [1.807, 2.05) is 6.07 Å². The molecule has 0 saturated carbocycles. The SMILES string of the molecule is CC(C)(C)[Si](C)(C)O[C@@H]1[C@@H](OP(O)O)[C@@H](CO)O[C@H]1n1cnc2c(NC(=O)c3ccccc3)ncnc21. The molecule has 1 aliphatic heterocycles. The molecule has 200 valence electrons. The van der Waals surface area contributed by atoms with Crippen molar-refractivity contribution in [2.24, 2.45) is 0 Å². The van der Waals surface area contributed by atoms with Crippen LogP contribution in [0.15, 0.2) is 43.0 Å². The molecule has 37 heavy (non-hydrogen) atoms. The Labute approximate surface area is 216 Å². The third kappa shape index (κ3) is 5.74. The molecule has 3 aromatic rings. The van der Waals surface area contributed by atoms with Crippen LogP contribution < -0.4 is 5.32 Å². The highest BCUT2D eigenvalue weighted by atomic mass is 31.2. The highest BCUT2D eigenvalue weighted by Gasteiger charge is 2.52. The summed E-state index contributed by atoms with van der Waals surface area (Å²) in [6.45, 7) is 9.92. The van der Waals surface area contributed by atoms with Crippen molar-refractivity contribution < 1.29 is 33.4 Å². The summed E-state index contributed by atoms with van der Waals surface area (Å²) in [5, 5.41) is 12.6. The molecule has 1 amide bonds. The van der Waals surface area contributed by atoms with E-state index in [1.54, 1.807) is 28.8 Å². The molecular formula is C23H32N5O7PSi. The average Bonchev–Trinajstić information content (AvgIpc) is 3.40. The van der Waals surface area contributed by atoms with Gasteiger partial charge in [-0.15, -0.1) is 0 Å². The lowest BCUT2D eigenvalue weighted by Gasteiger charge is -2.40. The molecule has 0 bridgehead atoms. The largest absolute Gasteiger partial charge is 0.407 e. The Morgan fingerprint density at radius 3 is 2.49 bits per heavy atom. The molecule has 0 unspecified atom stereocenters. The van der Waals surface area contributed by atoms with E-state index in [0.29, 0.717) is 16.7 Å². The molecule has 2 aromatic heterocycles. The number of anilines is 1.